The Labute approximate surface area is 141 Å². The average molecular weight is 331 g/mol. The van der Waals surface area contributed by atoms with E-state index in [4.69, 9.17) is 11.6 Å². The number of piperazine rings is 1. The molecule has 120 valence electrons. The first-order chi connectivity index (χ1) is 11.2. The van der Waals surface area contributed by atoms with Crippen LogP contribution in [0.3, 0.4) is 0 Å². The van der Waals surface area contributed by atoms with Gasteiger partial charge in [-0.3, -0.25) is 5.01 Å². The second-order valence-corrected chi connectivity index (χ2v) is 6.18. The van der Waals surface area contributed by atoms with Crippen molar-refractivity contribution in [1.82, 2.24) is 5.01 Å². The van der Waals surface area contributed by atoms with Crippen LogP contribution in [0, 0.1) is 0 Å². The highest BCUT2D eigenvalue weighted by atomic mass is 35.5. The van der Waals surface area contributed by atoms with Crippen LogP contribution < -0.4 is 4.90 Å². The summed E-state index contributed by atoms with van der Waals surface area (Å²) in [4.78, 5) is 1.52. The van der Waals surface area contributed by atoms with E-state index in [1.54, 1.807) is 12.3 Å². The molecule has 0 amide bonds. The topological polar surface area (TPSA) is 40.3 Å². The molecule has 0 radical (unpaired) electrons. The molecule has 2 aromatic carbocycles. The lowest BCUT2D eigenvalue weighted by molar-refractivity contribution is -0.918. The number of aromatic hydroxyl groups is 1. The molecule has 2 N–H and O–H groups in total. The first kappa shape index (κ1) is 15.8. The van der Waals surface area contributed by atoms with Gasteiger partial charge in [0.1, 0.15) is 12.3 Å². The van der Waals surface area contributed by atoms with Crippen LogP contribution in [0.15, 0.2) is 53.6 Å². The number of benzene rings is 2. The molecule has 2 aromatic rings. The van der Waals surface area contributed by atoms with Crippen molar-refractivity contribution < 1.29 is 10.0 Å². The fraction of sp³-hybridized carbons (Fsp3) is 0.278. The molecule has 1 heterocycles. The number of para-hydroxylation sites is 1. The molecular formula is C18H21ClN3O+. The molecule has 5 heteroatoms. The maximum Gasteiger partial charge on any atom is 0.124 e. The van der Waals surface area contributed by atoms with Crippen LogP contribution in [0.25, 0.3) is 0 Å². The standard InChI is InChI=1S/C18H20ClN3O/c19-17-7-3-1-6-16(17)14-21-9-11-22(12-10-21)20-13-15-5-2-4-8-18(15)23/h1-8,13,23H,9-12,14H2/p+1. The highest BCUT2D eigenvalue weighted by Crippen LogP contribution is 2.14. The van der Waals surface area contributed by atoms with E-state index in [1.165, 1.54) is 10.5 Å². The van der Waals surface area contributed by atoms with E-state index < -0.39 is 0 Å². The first-order valence-corrected chi connectivity index (χ1v) is 8.24. The summed E-state index contributed by atoms with van der Waals surface area (Å²) in [5, 5.41) is 17.1. The minimum atomic E-state index is 0.263. The summed E-state index contributed by atoms with van der Waals surface area (Å²) in [5.41, 5.74) is 1.95. The molecule has 0 aromatic heterocycles. The monoisotopic (exact) mass is 330 g/mol. The van der Waals surface area contributed by atoms with Crippen molar-refractivity contribution >= 4 is 17.8 Å². The second-order valence-electron chi connectivity index (χ2n) is 5.78. The zero-order valence-electron chi connectivity index (χ0n) is 13.0. The van der Waals surface area contributed by atoms with E-state index in [0.29, 0.717) is 0 Å². The molecule has 3 rings (SSSR count). The molecule has 0 atom stereocenters. The van der Waals surface area contributed by atoms with Crippen molar-refractivity contribution in [3.63, 3.8) is 0 Å². The van der Waals surface area contributed by atoms with Gasteiger partial charge in [-0.1, -0.05) is 41.9 Å². The number of nitrogens with one attached hydrogen (secondary N) is 1. The molecule has 1 aliphatic heterocycles. The zero-order valence-corrected chi connectivity index (χ0v) is 13.7. The van der Waals surface area contributed by atoms with Crippen molar-refractivity contribution in [2.24, 2.45) is 5.10 Å². The molecule has 1 aliphatic rings. The van der Waals surface area contributed by atoms with E-state index >= 15 is 0 Å². The number of halogens is 1. The summed E-state index contributed by atoms with van der Waals surface area (Å²) in [6, 6.07) is 15.3. The summed E-state index contributed by atoms with van der Waals surface area (Å²) in [5.74, 6) is 0.263. The predicted molar refractivity (Wildman–Crippen MR) is 93.1 cm³/mol. The van der Waals surface area contributed by atoms with E-state index in [0.717, 1.165) is 43.3 Å². The summed E-state index contributed by atoms with van der Waals surface area (Å²) >= 11 is 6.23. The quantitative estimate of drug-likeness (QED) is 0.839. The van der Waals surface area contributed by atoms with Gasteiger partial charge < -0.3 is 10.0 Å². The zero-order chi connectivity index (χ0) is 16.1. The Morgan fingerprint density at radius 1 is 1.09 bits per heavy atom. The molecular weight excluding hydrogens is 310 g/mol. The number of rotatable bonds is 4. The fourth-order valence-corrected chi connectivity index (χ4v) is 2.96. The Hall–Kier alpha value is -2.04. The van der Waals surface area contributed by atoms with E-state index in [-0.39, 0.29) is 5.75 Å². The van der Waals surface area contributed by atoms with E-state index in [2.05, 4.69) is 16.2 Å². The molecule has 23 heavy (non-hydrogen) atoms. The summed E-state index contributed by atoms with van der Waals surface area (Å²) in [6.45, 7) is 4.83. The van der Waals surface area contributed by atoms with Gasteiger partial charge in [0.05, 0.1) is 32.4 Å². The maximum absolute atomic E-state index is 9.75. The highest BCUT2D eigenvalue weighted by molar-refractivity contribution is 6.31. The number of hydrogen-bond acceptors (Lipinski definition) is 3. The first-order valence-electron chi connectivity index (χ1n) is 7.86. The number of phenolic OH excluding ortho intramolecular Hbond substituents is 1. The van der Waals surface area contributed by atoms with Gasteiger partial charge in [0.25, 0.3) is 0 Å². The van der Waals surface area contributed by atoms with E-state index in [1.807, 2.05) is 36.4 Å². The number of phenols is 1. The molecule has 0 spiro atoms. The van der Waals surface area contributed by atoms with Gasteiger partial charge in [-0.25, -0.2) is 0 Å². The Kier molecular flexibility index (Phi) is 5.16. The molecule has 0 bridgehead atoms. The molecule has 4 nitrogen and oxygen atoms in total. The minimum absolute atomic E-state index is 0.263. The number of hydrazone groups is 1. The van der Waals surface area contributed by atoms with Gasteiger partial charge in [-0.05, 0) is 18.2 Å². The van der Waals surface area contributed by atoms with Gasteiger partial charge in [-0.2, -0.15) is 5.10 Å². The average Bonchev–Trinajstić information content (AvgIpc) is 2.57. The van der Waals surface area contributed by atoms with Crippen molar-refractivity contribution in [1.29, 1.82) is 0 Å². The van der Waals surface area contributed by atoms with Crippen molar-refractivity contribution in [2.45, 2.75) is 6.54 Å². The molecule has 1 fully saturated rings. The summed E-state index contributed by atoms with van der Waals surface area (Å²) in [7, 11) is 0. The van der Waals surface area contributed by atoms with Crippen LogP contribution in [0.5, 0.6) is 5.75 Å². The van der Waals surface area contributed by atoms with Gasteiger partial charge >= 0.3 is 0 Å². The predicted octanol–water partition coefficient (Wildman–Crippen LogP) is 1.78. The van der Waals surface area contributed by atoms with Crippen LogP contribution in [0.4, 0.5) is 0 Å². The lowest BCUT2D eigenvalue weighted by Gasteiger charge is -2.30. The highest BCUT2D eigenvalue weighted by Gasteiger charge is 2.19. The Morgan fingerprint density at radius 3 is 2.52 bits per heavy atom. The summed E-state index contributed by atoms with van der Waals surface area (Å²) < 4.78 is 0. The molecule has 0 saturated carbocycles. The second kappa shape index (κ2) is 7.49. The lowest BCUT2D eigenvalue weighted by Crippen LogP contribution is -3.13. The largest absolute Gasteiger partial charge is 0.507 e. The Morgan fingerprint density at radius 2 is 1.78 bits per heavy atom. The number of hydrogen-bond donors (Lipinski definition) is 2. The fourth-order valence-electron chi connectivity index (χ4n) is 2.76. The van der Waals surface area contributed by atoms with Crippen LogP contribution in [-0.4, -0.2) is 42.5 Å². The molecule has 1 saturated heterocycles. The smallest absolute Gasteiger partial charge is 0.124 e. The van der Waals surface area contributed by atoms with Crippen LogP contribution in [0.2, 0.25) is 5.02 Å². The number of nitrogens with zero attached hydrogens (tertiary/aromatic N) is 2. The molecule has 0 unspecified atom stereocenters. The summed E-state index contributed by atoms with van der Waals surface area (Å²) in [6.07, 6.45) is 1.73. The van der Waals surface area contributed by atoms with Crippen molar-refractivity contribution in [3.05, 3.63) is 64.7 Å². The SMILES string of the molecule is Oc1ccccc1C=NN1CC[NH+](Cc2ccccc2Cl)CC1. The minimum Gasteiger partial charge on any atom is -0.507 e. The van der Waals surface area contributed by atoms with Gasteiger partial charge in [0.2, 0.25) is 0 Å². The van der Waals surface area contributed by atoms with Gasteiger partial charge in [0.15, 0.2) is 0 Å². The van der Waals surface area contributed by atoms with Gasteiger partial charge in [-0.15, -0.1) is 0 Å². The van der Waals surface area contributed by atoms with Crippen LogP contribution in [-0.2, 0) is 6.54 Å². The maximum atomic E-state index is 9.75. The van der Waals surface area contributed by atoms with Crippen molar-refractivity contribution in [3.8, 4) is 5.75 Å². The normalized spacial score (nSPS) is 16.1. The van der Waals surface area contributed by atoms with Crippen molar-refractivity contribution in [2.75, 3.05) is 26.2 Å². The lowest BCUT2D eigenvalue weighted by atomic mass is 10.2. The van der Waals surface area contributed by atoms with Crippen LogP contribution in [0.1, 0.15) is 11.1 Å². The van der Waals surface area contributed by atoms with Gasteiger partial charge in [0, 0.05) is 16.1 Å². The Bertz CT molecular complexity index is 681. The third-order valence-corrected chi connectivity index (χ3v) is 4.51. The van der Waals surface area contributed by atoms with E-state index in [9.17, 15) is 5.11 Å². The third kappa shape index (κ3) is 4.24. The number of quaternary nitrogens is 1. The third-order valence-electron chi connectivity index (χ3n) is 4.14. The Balaban J connectivity index is 1.53. The van der Waals surface area contributed by atoms with Crippen LogP contribution >= 0.6 is 11.6 Å². The molecule has 0 aliphatic carbocycles.